The lowest BCUT2D eigenvalue weighted by Gasteiger charge is -2.40. The topological polar surface area (TPSA) is 15.3 Å². The molecule has 1 heterocycles. The van der Waals surface area contributed by atoms with E-state index in [-0.39, 0.29) is 0 Å². The molecule has 0 bridgehead atoms. The van der Waals surface area contributed by atoms with Gasteiger partial charge in [0.05, 0.1) is 0 Å². The summed E-state index contributed by atoms with van der Waals surface area (Å²) in [4.78, 5) is 4.09. The van der Waals surface area contributed by atoms with E-state index in [1.165, 1.54) is 76.0 Å². The monoisotopic (exact) mass is 308 g/mol. The molecule has 0 saturated heterocycles. The summed E-state index contributed by atoms with van der Waals surface area (Å²) in [6.07, 6.45) is 9.55. The Bertz CT molecular complexity index is 369. The molecule has 2 nitrogen and oxygen atoms in total. The molecule has 1 aromatic rings. The Hall–Kier alpha value is -0.380. The van der Waals surface area contributed by atoms with Gasteiger partial charge in [0.25, 0.3) is 0 Å². The summed E-state index contributed by atoms with van der Waals surface area (Å²) in [5.41, 5.74) is 0.525. The zero-order valence-corrected chi connectivity index (χ0v) is 14.7. The molecular weight excluding hydrogens is 276 g/mol. The SMILES string of the molecule is CCCNCC1(CN(C)CCc2cccs2)CCCCC1. The molecule has 0 spiro atoms. The van der Waals surface area contributed by atoms with Crippen LogP contribution in [-0.2, 0) is 6.42 Å². The number of nitrogens with one attached hydrogen (secondary N) is 1. The van der Waals surface area contributed by atoms with Crippen molar-refractivity contribution < 1.29 is 0 Å². The van der Waals surface area contributed by atoms with Crippen molar-refractivity contribution in [3.05, 3.63) is 22.4 Å². The summed E-state index contributed by atoms with van der Waals surface area (Å²) < 4.78 is 0. The van der Waals surface area contributed by atoms with Crippen LogP contribution in [0.15, 0.2) is 17.5 Å². The van der Waals surface area contributed by atoms with Crippen LogP contribution in [0, 0.1) is 5.41 Å². The van der Waals surface area contributed by atoms with Crippen LogP contribution >= 0.6 is 11.3 Å². The van der Waals surface area contributed by atoms with Gasteiger partial charge < -0.3 is 10.2 Å². The van der Waals surface area contributed by atoms with Gasteiger partial charge in [0, 0.05) is 24.5 Å². The van der Waals surface area contributed by atoms with E-state index >= 15 is 0 Å². The highest BCUT2D eigenvalue weighted by molar-refractivity contribution is 7.09. The summed E-state index contributed by atoms with van der Waals surface area (Å²) in [5.74, 6) is 0. The third-order valence-corrected chi connectivity index (χ3v) is 5.70. The predicted molar refractivity (Wildman–Crippen MR) is 94.2 cm³/mol. The molecule has 21 heavy (non-hydrogen) atoms. The number of hydrogen-bond donors (Lipinski definition) is 1. The molecule has 0 radical (unpaired) electrons. The fourth-order valence-electron chi connectivity index (χ4n) is 3.63. The minimum Gasteiger partial charge on any atom is -0.316 e. The Labute approximate surface area is 134 Å². The van der Waals surface area contributed by atoms with E-state index in [1.807, 2.05) is 11.3 Å². The summed E-state index contributed by atoms with van der Waals surface area (Å²) >= 11 is 1.89. The Morgan fingerprint density at radius 2 is 2.10 bits per heavy atom. The maximum atomic E-state index is 3.70. The van der Waals surface area contributed by atoms with Gasteiger partial charge in [0.2, 0.25) is 0 Å². The Balaban J connectivity index is 1.81. The molecule has 1 aromatic heterocycles. The van der Waals surface area contributed by atoms with Gasteiger partial charge in [-0.25, -0.2) is 0 Å². The van der Waals surface area contributed by atoms with Gasteiger partial charge in [0.1, 0.15) is 0 Å². The van der Waals surface area contributed by atoms with E-state index < -0.39 is 0 Å². The minimum absolute atomic E-state index is 0.525. The second-order valence-electron chi connectivity index (χ2n) is 6.80. The van der Waals surface area contributed by atoms with E-state index in [0.29, 0.717) is 5.41 Å². The largest absolute Gasteiger partial charge is 0.316 e. The van der Waals surface area contributed by atoms with Crippen molar-refractivity contribution >= 4 is 11.3 Å². The summed E-state index contributed by atoms with van der Waals surface area (Å²) in [5, 5.41) is 5.88. The quantitative estimate of drug-likeness (QED) is 0.689. The van der Waals surface area contributed by atoms with Gasteiger partial charge in [0.15, 0.2) is 0 Å². The van der Waals surface area contributed by atoms with Crippen molar-refractivity contribution in [3.63, 3.8) is 0 Å². The van der Waals surface area contributed by atoms with Crippen LogP contribution in [0.3, 0.4) is 0 Å². The van der Waals surface area contributed by atoms with Crippen molar-refractivity contribution in [3.8, 4) is 0 Å². The van der Waals surface area contributed by atoms with Gasteiger partial charge in [-0.15, -0.1) is 11.3 Å². The predicted octanol–water partition coefficient (Wildman–Crippen LogP) is 4.17. The van der Waals surface area contributed by atoms with Crippen LogP contribution in [0.25, 0.3) is 0 Å². The third kappa shape index (κ3) is 5.72. The van der Waals surface area contributed by atoms with E-state index in [9.17, 15) is 0 Å². The first-order chi connectivity index (χ1) is 10.2. The first-order valence-corrected chi connectivity index (χ1v) is 9.54. The number of rotatable bonds is 9. The normalized spacial score (nSPS) is 18.2. The van der Waals surface area contributed by atoms with Gasteiger partial charge in [-0.3, -0.25) is 0 Å². The maximum absolute atomic E-state index is 3.70. The summed E-state index contributed by atoms with van der Waals surface area (Å²) in [6.45, 7) is 7.09. The Morgan fingerprint density at radius 3 is 2.76 bits per heavy atom. The molecule has 120 valence electrons. The van der Waals surface area contributed by atoms with Crippen LogP contribution in [0.5, 0.6) is 0 Å². The molecule has 0 unspecified atom stereocenters. The summed E-state index contributed by atoms with van der Waals surface area (Å²) in [7, 11) is 2.31. The second-order valence-corrected chi connectivity index (χ2v) is 7.84. The highest BCUT2D eigenvalue weighted by Crippen LogP contribution is 2.36. The van der Waals surface area contributed by atoms with Crippen LogP contribution in [0.1, 0.15) is 50.3 Å². The van der Waals surface area contributed by atoms with E-state index in [4.69, 9.17) is 0 Å². The van der Waals surface area contributed by atoms with Crippen molar-refractivity contribution in [2.75, 3.05) is 33.2 Å². The molecule has 1 aliphatic rings. The number of thiophene rings is 1. The molecule has 0 amide bonds. The highest BCUT2D eigenvalue weighted by atomic mass is 32.1. The van der Waals surface area contributed by atoms with Crippen LogP contribution in [0.2, 0.25) is 0 Å². The lowest BCUT2D eigenvalue weighted by atomic mass is 9.73. The average molecular weight is 309 g/mol. The molecule has 0 aliphatic heterocycles. The second kappa shape index (κ2) is 8.92. The molecule has 0 aromatic carbocycles. The third-order valence-electron chi connectivity index (χ3n) is 4.77. The first kappa shape index (κ1) is 17.0. The van der Waals surface area contributed by atoms with E-state index in [1.54, 1.807) is 0 Å². The van der Waals surface area contributed by atoms with E-state index in [0.717, 1.165) is 0 Å². The van der Waals surface area contributed by atoms with Crippen molar-refractivity contribution in [1.29, 1.82) is 0 Å². The van der Waals surface area contributed by atoms with Gasteiger partial charge in [-0.05, 0) is 56.1 Å². The minimum atomic E-state index is 0.525. The van der Waals surface area contributed by atoms with Crippen molar-refractivity contribution in [1.82, 2.24) is 10.2 Å². The fourth-order valence-corrected chi connectivity index (χ4v) is 4.33. The standard InChI is InChI=1S/C18H32N2S/c1-3-12-19-15-18(10-5-4-6-11-18)16-20(2)13-9-17-8-7-14-21-17/h7-8,14,19H,3-6,9-13,15-16H2,1-2H3. The van der Waals surface area contributed by atoms with Crippen LogP contribution < -0.4 is 5.32 Å². The number of nitrogens with zero attached hydrogens (tertiary/aromatic N) is 1. The average Bonchev–Trinajstić information content (AvgIpc) is 3.00. The zero-order valence-electron chi connectivity index (χ0n) is 13.9. The van der Waals surface area contributed by atoms with E-state index in [2.05, 4.69) is 41.7 Å². The van der Waals surface area contributed by atoms with Crippen LogP contribution in [0.4, 0.5) is 0 Å². The number of hydrogen-bond acceptors (Lipinski definition) is 3. The maximum Gasteiger partial charge on any atom is 0.00579 e. The highest BCUT2D eigenvalue weighted by Gasteiger charge is 2.32. The lowest BCUT2D eigenvalue weighted by Crippen LogP contribution is -2.45. The molecule has 3 heteroatoms. The van der Waals surface area contributed by atoms with Gasteiger partial charge in [-0.2, -0.15) is 0 Å². The summed E-state index contributed by atoms with van der Waals surface area (Å²) in [6, 6.07) is 4.43. The molecule has 1 N–H and O–H groups in total. The zero-order chi connectivity index (χ0) is 15.0. The first-order valence-electron chi connectivity index (χ1n) is 8.66. The molecule has 2 rings (SSSR count). The van der Waals surface area contributed by atoms with Gasteiger partial charge >= 0.3 is 0 Å². The molecule has 1 fully saturated rings. The number of likely N-dealkylation sites (N-methyl/N-ethyl adjacent to an activating group) is 1. The Morgan fingerprint density at radius 1 is 1.29 bits per heavy atom. The van der Waals surface area contributed by atoms with Crippen LogP contribution in [-0.4, -0.2) is 38.1 Å². The van der Waals surface area contributed by atoms with Crippen molar-refractivity contribution in [2.24, 2.45) is 5.41 Å². The molecular formula is C18H32N2S. The Kier molecular flexibility index (Phi) is 7.21. The van der Waals surface area contributed by atoms with Gasteiger partial charge in [-0.1, -0.05) is 32.3 Å². The lowest BCUT2D eigenvalue weighted by molar-refractivity contribution is 0.118. The molecule has 1 aliphatic carbocycles. The smallest absolute Gasteiger partial charge is 0.00579 e. The molecule has 1 saturated carbocycles. The fraction of sp³-hybridized carbons (Fsp3) is 0.778. The molecule has 0 atom stereocenters. The van der Waals surface area contributed by atoms with Crippen molar-refractivity contribution in [2.45, 2.75) is 51.9 Å².